The normalized spacial score (nSPS) is 14.9. The van der Waals surface area contributed by atoms with Crippen LogP contribution in [0.4, 0.5) is 5.69 Å². The lowest BCUT2D eigenvalue weighted by molar-refractivity contribution is -0.113. The summed E-state index contributed by atoms with van der Waals surface area (Å²) in [5.74, 6) is 1.86. The second-order valence-electron chi connectivity index (χ2n) is 9.23. The Morgan fingerprint density at radius 3 is 2.28 bits per heavy atom. The van der Waals surface area contributed by atoms with Gasteiger partial charge in [-0.1, -0.05) is 81.1 Å². The van der Waals surface area contributed by atoms with Gasteiger partial charge in [0.05, 0.1) is 17.7 Å². The Balaban J connectivity index is 1.37. The van der Waals surface area contributed by atoms with Crippen molar-refractivity contribution in [3.8, 4) is 17.2 Å². The number of ether oxygens (including phenoxy) is 3. The summed E-state index contributed by atoms with van der Waals surface area (Å²) in [6, 6.07) is 23.1. The van der Waals surface area contributed by atoms with Crippen LogP contribution in [0.1, 0.15) is 31.9 Å². The highest BCUT2D eigenvalue weighted by Crippen LogP contribution is 2.37. The van der Waals surface area contributed by atoms with Crippen LogP contribution in [-0.4, -0.2) is 30.6 Å². The summed E-state index contributed by atoms with van der Waals surface area (Å²) in [4.78, 5) is 15.1. The van der Waals surface area contributed by atoms with Gasteiger partial charge in [0.25, 0.3) is 5.91 Å². The van der Waals surface area contributed by atoms with Gasteiger partial charge in [0.1, 0.15) is 19.0 Å². The maximum Gasteiger partial charge on any atom is 0.270 e. The minimum atomic E-state index is -0.136. The summed E-state index contributed by atoms with van der Waals surface area (Å²) < 4.78 is 17.7. The first-order chi connectivity index (χ1) is 17.3. The van der Waals surface area contributed by atoms with Crippen LogP contribution >= 0.6 is 24.0 Å². The molecule has 1 aliphatic rings. The molecule has 0 radical (unpaired) electrons. The number of hydrogen-bond acceptors (Lipinski definition) is 6. The zero-order chi connectivity index (χ0) is 25.7. The van der Waals surface area contributed by atoms with Crippen LogP contribution in [0.5, 0.6) is 17.2 Å². The van der Waals surface area contributed by atoms with E-state index in [4.69, 9.17) is 26.4 Å². The lowest BCUT2D eigenvalue weighted by Crippen LogP contribution is -2.27. The van der Waals surface area contributed by atoms with Crippen molar-refractivity contribution in [2.45, 2.75) is 26.2 Å². The third kappa shape index (κ3) is 6.09. The van der Waals surface area contributed by atoms with Crippen molar-refractivity contribution in [2.75, 3.05) is 25.2 Å². The van der Waals surface area contributed by atoms with Crippen molar-refractivity contribution in [3.05, 3.63) is 88.8 Å². The van der Waals surface area contributed by atoms with Crippen LogP contribution < -0.4 is 19.1 Å². The molecular weight excluding hydrogens is 490 g/mol. The number of methoxy groups -OCH3 is 1. The van der Waals surface area contributed by atoms with Crippen molar-refractivity contribution >= 4 is 46.0 Å². The molecular formula is C29H29NO4S2. The highest BCUT2D eigenvalue weighted by Gasteiger charge is 2.33. The maximum atomic E-state index is 13.0. The van der Waals surface area contributed by atoms with Crippen LogP contribution in [0.2, 0.25) is 0 Å². The summed E-state index contributed by atoms with van der Waals surface area (Å²) in [6.07, 6.45) is 1.82. The van der Waals surface area contributed by atoms with Crippen LogP contribution in [0.15, 0.2) is 77.7 Å². The van der Waals surface area contributed by atoms with E-state index in [0.717, 1.165) is 17.0 Å². The average molecular weight is 520 g/mol. The number of hydrogen-bond donors (Lipinski definition) is 0. The molecule has 1 saturated heterocycles. The van der Waals surface area contributed by atoms with Crippen LogP contribution in [-0.2, 0) is 10.2 Å². The second-order valence-corrected chi connectivity index (χ2v) is 10.9. The molecule has 1 heterocycles. The van der Waals surface area contributed by atoms with Gasteiger partial charge in [-0.2, -0.15) is 0 Å². The van der Waals surface area contributed by atoms with Gasteiger partial charge in [-0.25, -0.2) is 0 Å². The van der Waals surface area contributed by atoms with E-state index in [1.54, 1.807) is 12.0 Å². The largest absolute Gasteiger partial charge is 0.493 e. The van der Waals surface area contributed by atoms with Gasteiger partial charge < -0.3 is 14.2 Å². The molecule has 0 atom stereocenters. The highest BCUT2D eigenvalue weighted by atomic mass is 32.2. The Bertz CT molecular complexity index is 1260. The van der Waals surface area contributed by atoms with Gasteiger partial charge >= 0.3 is 0 Å². The molecule has 3 aromatic rings. The molecule has 1 aliphatic heterocycles. The van der Waals surface area contributed by atoms with Gasteiger partial charge in [0, 0.05) is 0 Å². The monoisotopic (exact) mass is 519 g/mol. The molecule has 7 heteroatoms. The number of carbonyl (C=O) groups is 1. The molecule has 1 fully saturated rings. The smallest absolute Gasteiger partial charge is 0.270 e. The van der Waals surface area contributed by atoms with Crippen LogP contribution in [0.3, 0.4) is 0 Å². The van der Waals surface area contributed by atoms with Gasteiger partial charge in [-0.3, -0.25) is 9.69 Å². The third-order valence-corrected chi connectivity index (χ3v) is 6.93. The Morgan fingerprint density at radius 2 is 1.61 bits per heavy atom. The molecule has 0 aromatic heterocycles. The second kappa shape index (κ2) is 11.2. The Kier molecular flexibility index (Phi) is 8.01. The fourth-order valence-electron chi connectivity index (χ4n) is 3.67. The standard InChI is InChI=1S/C29H29NO4S2/c1-29(2,3)21-11-13-23(14-12-21)33-16-17-34-24-15-10-20(18-25(24)32-4)19-26-27(31)30(28(35)36-26)22-8-6-5-7-9-22/h5-15,18-19H,16-17H2,1-4H3. The molecule has 0 spiro atoms. The van der Waals surface area contributed by atoms with Crippen molar-refractivity contribution in [1.29, 1.82) is 0 Å². The number of nitrogens with zero attached hydrogens (tertiary/aromatic N) is 1. The summed E-state index contributed by atoms with van der Waals surface area (Å²) in [7, 11) is 1.59. The van der Waals surface area contributed by atoms with Crippen molar-refractivity contribution in [3.63, 3.8) is 0 Å². The number of para-hydroxylation sites is 1. The van der Waals surface area contributed by atoms with E-state index in [1.807, 2.05) is 66.7 Å². The van der Waals surface area contributed by atoms with Crippen LogP contribution in [0, 0.1) is 0 Å². The van der Waals surface area contributed by atoms with Crippen LogP contribution in [0.25, 0.3) is 6.08 Å². The Hall–Kier alpha value is -3.29. The molecule has 36 heavy (non-hydrogen) atoms. The maximum absolute atomic E-state index is 13.0. The number of carbonyl (C=O) groups excluding carboxylic acids is 1. The molecule has 0 N–H and O–H groups in total. The SMILES string of the molecule is COc1cc(C=C2SC(=S)N(c3ccccc3)C2=O)ccc1OCCOc1ccc(C(C)(C)C)cc1. The Labute approximate surface area is 222 Å². The first kappa shape index (κ1) is 25.8. The fraction of sp³-hybridized carbons (Fsp3) is 0.241. The minimum absolute atomic E-state index is 0.108. The summed E-state index contributed by atoms with van der Waals surface area (Å²) in [5, 5.41) is 0. The summed E-state index contributed by atoms with van der Waals surface area (Å²) in [6.45, 7) is 7.33. The fourth-order valence-corrected chi connectivity index (χ4v) is 4.97. The zero-order valence-electron chi connectivity index (χ0n) is 20.8. The lowest BCUT2D eigenvalue weighted by atomic mass is 9.87. The van der Waals surface area contributed by atoms with E-state index in [-0.39, 0.29) is 11.3 Å². The lowest BCUT2D eigenvalue weighted by Gasteiger charge is -2.19. The van der Waals surface area contributed by atoms with E-state index in [1.165, 1.54) is 17.3 Å². The first-order valence-electron chi connectivity index (χ1n) is 11.6. The van der Waals surface area contributed by atoms with Crippen molar-refractivity contribution in [1.82, 2.24) is 0 Å². The number of anilines is 1. The third-order valence-electron chi connectivity index (χ3n) is 5.62. The molecule has 3 aromatic carbocycles. The summed E-state index contributed by atoms with van der Waals surface area (Å²) in [5.41, 5.74) is 2.95. The summed E-state index contributed by atoms with van der Waals surface area (Å²) >= 11 is 6.74. The number of benzene rings is 3. The zero-order valence-corrected chi connectivity index (χ0v) is 22.4. The first-order valence-corrected chi connectivity index (χ1v) is 12.9. The quantitative estimate of drug-likeness (QED) is 0.184. The molecule has 0 saturated carbocycles. The average Bonchev–Trinajstić information content (AvgIpc) is 3.15. The molecule has 186 valence electrons. The number of thioether (sulfide) groups is 1. The highest BCUT2D eigenvalue weighted by molar-refractivity contribution is 8.27. The van der Waals surface area contributed by atoms with Gasteiger partial charge in [-0.05, 0) is 59.0 Å². The minimum Gasteiger partial charge on any atom is -0.493 e. The van der Waals surface area contributed by atoms with Gasteiger partial charge in [-0.15, -0.1) is 0 Å². The predicted octanol–water partition coefficient (Wildman–Crippen LogP) is 6.86. The molecule has 0 aliphatic carbocycles. The predicted molar refractivity (Wildman–Crippen MR) is 151 cm³/mol. The van der Waals surface area contributed by atoms with Crippen molar-refractivity contribution in [2.24, 2.45) is 0 Å². The van der Waals surface area contributed by atoms with Gasteiger partial charge in [0.2, 0.25) is 0 Å². The van der Waals surface area contributed by atoms with E-state index in [9.17, 15) is 4.79 Å². The molecule has 1 amide bonds. The number of rotatable bonds is 8. The van der Waals surface area contributed by atoms with E-state index in [0.29, 0.717) is 33.9 Å². The van der Waals surface area contributed by atoms with E-state index < -0.39 is 0 Å². The molecule has 0 bridgehead atoms. The van der Waals surface area contributed by atoms with Gasteiger partial charge in [0.15, 0.2) is 15.8 Å². The molecule has 0 unspecified atom stereocenters. The topological polar surface area (TPSA) is 48.0 Å². The number of amides is 1. The van der Waals surface area contributed by atoms with E-state index in [2.05, 4.69) is 32.9 Å². The number of thiocarbonyl (C=S) groups is 1. The van der Waals surface area contributed by atoms with E-state index >= 15 is 0 Å². The molecule has 4 rings (SSSR count). The Morgan fingerprint density at radius 1 is 0.917 bits per heavy atom. The molecule has 5 nitrogen and oxygen atoms in total. The van der Waals surface area contributed by atoms with Crippen molar-refractivity contribution < 1.29 is 19.0 Å².